The predicted octanol–water partition coefficient (Wildman–Crippen LogP) is 2.26. The van der Waals surface area contributed by atoms with Gasteiger partial charge < -0.3 is 10.4 Å². The van der Waals surface area contributed by atoms with Crippen LogP contribution in [0.2, 0.25) is 0 Å². The Balaban J connectivity index is 1.95. The van der Waals surface area contributed by atoms with E-state index in [4.69, 9.17) is 0 Å². The lowest BCUT2D eigenvalue weighted by Gasteiger charge is -2.15. The quantitative estimate of drug-likeness (QED) is 0.688. The molecule has 0 aliphatic rings. The minimum Gasteiger partial charge on any atom is -0.479 e. The fourth-order valence-corrected chi connectivity index (χ4v) is 2.35. The van der Waals surface area contributed by atoms with E-state index in [0.29, 0.717) is 5.52 Å². The van der Waals surface area contributed by atoms with Crippen molar-refractivity contribution >= 4 is 22.8 Å². The Hall–Kier alpha value is -3.22. The summed E-state index contributed by atoms with van der Waals surface area (Å²) >= 11 is 0. The van der Waals surface area contributed by atoms with E-state index in [1.54, 1.807) is 18.3 Å². The Labute approximate surface area is 129 Å². The second kappa shape index (κ2) is 5.88. The summed E-state index contributed by atoms with van der Waals surface area (Å²) in [6.07, 6.45) is 1.55. The van der Waals surface area contributed by atoms with Crippen LogP contribution in [0.25, 0.3) is 10.9 Å². The molecule has 1 amide bonds. The van der Waals surface area contributed by atoms with Gasteiger partial charge in [0.15, 0.2) is 6.04 Å². The molecule has 0 bridgehead atoms. The molecule has 0 spiro atoms. The molecule has 6 nitrogen and oxygen atoms in total. The van der Waals surface area contributed by atoms with Gasteiger partial charge in [-0.2, -0.15) is 5.10 Å². The number of hydrogen-bond donors (Lipinski definition) is 3. The van der Waals surface area contributed by atoms with Crippen molar-refractivity contribution in [2.75, 3.05) is 0 Å². The maximum Gasteiger partial charge on any atom is 0.331 e. The second-order valence-electron chi connectivity index (χ2n) is 4.91. The van der Waals surface area contributed by atoms with Gasteiger partial charge in [-0.05, 0) is 12.1 Å². The van der Waals surface area contributed by atoms with E-state index >= 15 is 0 Å². The number of aromatic nitrogens is 2. The van der Waals surface area contributed by atoms with Crippen molar-refractivity contribution in [2.24, 2.45) is 0 Å². The molecule has 7 heteroatoms. The summed E-state index contributed by atoms with van der Waals surface area (Å²) in [6, 6.07) is 8.91. The zero-order valence-electron chi connectivity index (χ0n) is 11.8. The van der Waals surface area contributed by atoms with E-state index < -0.39 is 23.7 Å². The number of carboxylic acid groups (broad SMARTS) is 1. The first-order valence-corrected chi connectivity index (χ1v) is 6.78. The number of fused-ring (bicyclic) bond motifs is 1. The lowest BCUT2D eigenvalue weighted by atomic mass is 10.1. The molecule has 1 aromatic heterocycles. The number of carbonyl (C=O) groups is 2. The Morgan fingerprint density at radius 1 is 1.17 bits per heavy atom. The van der Waals surface area contributed by atoms with Crippen LogP contribution in [0, 0.1) is 5.82 Å². The standard InChI is InChI=1S/C16H12FN3O3/c17-12-7-2-1-5-10(12)14(16(22)23)19-15(21)11-6-3-4-9-8-18-20-13(9)11/h1-8,14H,(H,18,20)(H,19,21)(H,22,23)/t14-/m0/s1. The Kier molecular flexibility index (Phi) is 3.76. The van der Waals surface area contributed by atoms with Crippen LogP contribution in [-0.2, 0) is 4.79 Å². The minimum atomic E-state index is -1.48. The summed E-state index contributed by atoms with van der Waals surface area (Å²) in [5.41, 5.74) is 0.621. The van der Waals surface area contributed by atoms with E-state index in [0.717, 1.165) is 11.5 Å². The molecule has 0 saturated carbocycles. The molecule has 3 rings (SSSR count). The summed E-state index contributed by atoms with van der Waals surface area (Å²) in [6.45, 7) is 0. The summed E-state index contributed by atoms with van der Waals surface area (Å²) in [7, 11) is 0. The topological polar surface area (TPSA) is 95.1 Å². The van der Waals surface area contributed by atoms with Crippen molar-refractivity contribution in [3.05, 3.63) is 65.6 Å². The number of halogens is 1. The molecule has 3 aromatic rings. The molecule has 0 unspecified atom stereocenters. The molecule has 3 N–H and O–H groups in total. The number of nitrogens with one attached hydrogen (secondary N) is 2. The molecule has 116 valence electrons. The highest BCUT2D eigenvalue weighted by molar-refractivity contribution is 6.06. The van der Waals surface area contributed by atoms with Gasteiger partial charge in [-0.15, -0.1) is 0 Å². The van der Waals surface area contributed by atoms with Gasteiger partial charge >= 0.3 is 5.97 Å². The summed E-state index contributed by atoms with van der Waals surface area (Å²) in [5, 5.41) is 18.9. The van der Waals surface area contributed by atoms with Gasteiger partial charge in [-0.1, -0.05) is 30.3 Å². The van der Waals surface area contributed by atoms with Crippen LogP contribution >= 0.6 is 0 Å². The Morgan fingerprint density at radius 2 is 1.96 bits per heavy atom. The van der Waals surface area contributed by atoms with Crippen LogP contribution in [0.4, 0.5) is 4.39 Å². The molecule has 0 aliphatic heterocycles. The highest BCUT2D eigenvalue weighted by atomic mass is 19.1. The third-order valence-corrected chi connectivity index (χ3v) is 3.46. The van der Waals surface area contributed by atoms with Gasteiger partial charge in [0.1, 0.15) is 5.82 Å². The number of amides is 1. The maximum absolute atomic E-state index is 13.8. The average molecular weight is 313 g/mol. The van der Waals surface area contributed by atoms with Gasteiger partial charge in [0.25, 0.3) is 5.91 Å². The van der Waals surface area contributed by atoms with Crippen molar-refractivity contribution in [1.29, 1.82) is 0 Å². The van der Waals surface area contributed by atoms with E-state index in [-0.39, 0.29) is 11.1 Å². The van der Waals surface area contributed by atoms with E-state index in [1.165, 1.54) is 24.3 Å². The number of para-hydroxylation sites is 1. The first kappa shape index (κ1) is 14.7. The molecule has 0 radical (unpaired) electrons. The van der Waals surface area contributed by atoms with Crippen molar-refractivity contribution in [1.82, 2.24) is 15.5 Å². The van der Waals surface area contributed by atoms with Gasteiger partial charge in [0, 0.05) is 10.9 Å². The van der Waals surface area contributed by atoms with Crippen LogP contribution in [0.15, 0.2) is 48.7 Å². The molecule has 2 aromatic carbocycles. The number of rotatable bonds is 4. The van der Waals surface area contributed by atoms with E-state index in [2.05, 4.69) is 15.5 Å². The molecular weight excluding hydrogens is 301 g/mol. The molecular formula is C16H12FN3O3. The number of hydrogen-bond acceptors (Lipinski definition) is 3. The van der Waals surface area contributed by atoms with Crippen LogP contribution in [0.1, 0.15) is 22.0 Å². The average Bonchev–Trinajstić information content (AvgIpc) is 3.01. The highest BCUT2D eigenvalue weighted by Gasteiger charge is 2.26. The maximum atomic E-state index is 13.8. The van der Waals surface area contributed by atoms with Crippen LogP contribution in [0.5, 0.6) is 0 Å². The van der Waals surface area contributed by atoms with Gasteiger partial charge in [0.05, 0.1) is 17.3 Å². The monoisotopic (exact) mass is 313 g/mol. The Bertz CT molecular complexity index is 891. The smallest absolute Gasteiger partial charge is 0.331 e. The summed E-state index contributed by atoms with van der Waals surface area (Å²) < 4.78 is 13.8. The number of aromatic amines is 1. The number of nitrogens with zero attached hydrogens (tertiary/aromatic N) is 1. The van der Waals surface area contributed by atoms with Crippen LogP contribution in [-0.4, -0.2) is 27.2 Å². The van der Waals surface area contributed by atoms with Gasteiger partial charge in [-0.25, -0.2) is 9.18 Å². The third-order valence-electron chi connectivity index (χ3n) is 3.46. The molecule has 1 atom stereocenters. The molecule has 0 saturated heterocycles. The highest BCUT2D eigenvalue weighted by Crippen LogP contribution is 2.20. The van der Waals surface area contributed by atoms with E-state index in [9.17, 15) is 19.1 Å². The van der Waals surface area contributed by atoms with E-state index in [1.807, 2.05) is 0 Å². The molecule has 23 heavy (non-hydrogen) atoms. The number of carbonyl (C=O) groups excluding carboxylic acids is 1. The number of benzene rings is 2. The van der Waals surface area contributed by atoms with Crippen molar-refractivity contribution in [3.8, 4) is 0 Å². The second-order valence-corrected chi connectivity index (χ2v) is 4.91. The number of H-pyrrole nitrogens is 1. The van der Waals surface area contributed by atoms with Crippen molar-refractivity contribution in [2.45, 2.75) is 6.04 Å². The zero-order valence-corrected chi connectivity index (χ0v) is 11.8. The fraction of sp³-hybridized carbons (Fsp3) is 0.0625. The van der Waals surface area contributed by atoms with Crippen LogP contribution in [0.3, 0.4) is 0 Å². The van der Waals surface area contributed by atoms with Crippen molar-refractivity contribution in [3.63, 3.8) is 0 Å². The fourth-order valence-electron chi connectivity index (χ4n) is 2.35. The molecule has 1 heterocycles. The molecule has 0 fully saturated rings. The summed E-state index contributed by atoms with van der Waals surface area (Å²) in [5.74, 6) is -2.67. The lowest BCUT2D eigenvalue weighted by Crippen LogP contribution is -2.34. The largest absolute Gasteiger partial charge is 0.479 e. The number of carboxylic acids is 1. The zero-order chi connectivity index (χ0) is 16.4. The number of aliphatic carboxylic acids is 1. The Morgan fingerprint density at radius 3 is 2.70 bits per heavy atom. The van der Waals surface area contributed by atoms with Gasteiger partial charge in [0.2, 0.25) is 0 Å². The predicted molar refractivity (Wildman–Crippen MR) is 80.3 cm³/mol. The SMILES string of the molecule is O=C(N[C@H](C(=O)O)c1ccccc1F)c1cccc2cn[nH]c12. The normalized spacial score (nSPS) is 12.0. The lowest BCUT2D eigenvalue weighted by molar-refractivity contribution is -0.139. The van der Waals surface area contributed by atoms with Crippen molar-refractivity contribution < 1.29 is 19.1 Å². The first-order chi connectivity index (χ1) is 11.1. The third kappa shape index (κ3) is 2.76. The minimum absolute atomic E-state index is 0.106. The van der Waals surface area contributed by atoms with Gasteiger partial charge in [-0.3, -0.25) is 9.89 Å². The summed E-state index contributed by atoms with van der Waals surface area (Å²) in [4.78, 5) is 23.8. The molecule has 0 aliphatic carbocycles. The van der Waals surface area contributed by atoms with Crippen LogP contribution < -0.4 is 5.32 Å². The first-order valence-electron chi connectivity index (χ1n) is 6.78.